The van der Waals surface area contributed by atoms with E-state index in [0.717, 1.165) is 5.01 Å². The first kappa shape index (κ1) is 9.76. The third-order valence-corrected chi connectivity index (χ3v) is 2.29. The van der Waals surface area contributed by atoms with Gasteiger partial charge in [0.05, 0.1) is 6.61 Å². The van der Waals surface area contributed by atoms with E-state index in [1.807, 2.05) is 0 Å². The molecule has 0 bridgehead atoms. The van der Waals surface area contributed by atoms with Gasteiger partial charge in [-0.1, -0.05) is 0 Å². The summed E-state index contributed by atoms with van der Waals surface area (Å²) in [6, 6.07) is 0. The molecule has 0 aliphatic carbocycles. The van der Waals surface area contributed by atoms with Crippen LogP contribution in [0.5, 0.6) is 0 Å². The number of halogens is 3. The Bertz CT molecular complexity index is 173. The Morgan fingerprint density at radius 3 is 2.25 bits per heavy atom. The molecule has 0 aromatic rings. The maximum atomic E-state index is 12.3. The van der Waals surface area contributed by atoms with Crippen LogP contribution in [0.1, 0.15) is 6.42 Å². The quantitative estimate of drug-likeness (QED) is 0.568. The monoisotopic (exact) mass is 184 g/mol. The van der Waals surface area contributed by atoms with E-state index >= 15 is 0 Å². The van der Waals surface area contributed by atoms with Gasteiger partial charge in [-0.25, -0.2) is 5.01 Å². The molecule has 1 atom stereocenters. The second kappa shape index (κ2) is 2.86. The highest BCUT2D eigenvalue weighted by molar-refractivity contribution is 4.93. The first-order chi connectivity index (χ1) is 5.41. The fourth-order valence-corrected chi connectivity index (χ4v) is 1.35. The number of nitrogens with zero attached hydrogens (tertiary/aromatic N) is 1. The van der Waals surface area contributed by atoms with Crippen molar-refractivity contribution in [1.29, 1.82) is 0 Å². The SMILES string of the molecule is NN1CCC(CO)(C(F)(F)F)C1. The number of hydrogen-bond donors (Lipinski definition) is 2. The van der Waals surface area contributed by atoms with Gasteiger partial charge in [0, 0.05) is 13.1 Å². The van der Waals surface area contributed by atoms with Crippen LogP contribution in [0.15, 0.2) is 0 Å². The Balaban J connectivity index is 2.78. The molecule has 0 radical (unpaired) electrons. The fraction of sp³-hybridized carbons (Fsp3) is 1.00. The van der Waals surface area contributed by atoms with Crippen LogP contribution in [0, 0.1) is 5.41 Å². The van der Waals surface area contributed by atoms with Crippen LogP contribution < -0.4 is 5.84 Å². The molecule has 6 heteroatoms. The van der Waals surface area contributed by atoms with Gasteiger partial charge in [0.15, 0.2) is 0 Å². The standard InChI is InChI=1S/C6H11F3N2O/c7-6(8,9)5(4-12)1-2-11(10)3-5/h12H,1-4,10H2. The molecular formula is C6H11F3N2O. The molecule has 0 saturated carbocycles. The predicted molar refractivity (Wildman–Crippen MR) is 36.0 cm³/mol. The van der Waals surface area contributed by atoms with Crippen molar-refractivity contribution in [2.75, 3.05) is 19.7 Å². The highest BCUT2D eigenvalue weighted by Gasteiger charge is 2.57. The third kappa shape index (κ3) is 1.41. The first-order valence-corrected chi connectivity index (χ1v) is 3.58. The highest BCUT2D eigenvalue weighted by atomic mass is 19.4. The van der Waals surface area contributed by atoms with Crippen LogP contribution in [0.4, 0.5) is 13.2 Å². The smallest absolute Gasteiger partial charge is 0.395 e. The summed E-state index contributed by atoms with van der Waals surface area (Å²) in [6.45, 7) is -1.02. The van der Waals surface area contributed by atoms with E-state index in [-0.39, 0.29) is 19.5 Å². The molecule has 0 aromatic carbocycles. The molecule has 1 fully saturated rings. The van der Waals surface area contributed by atoms with Crippen molar-refractivity contribution >= 4 is 0 Å². The van der Waals surface area contributed by atoms with Crippen LogP contribution >= 0.6 is 0 Å². The van der Waals surface area contributed by atoms with E-state index in [4.69, 9.17) is 10.9 Å². The average Bonchev–Trinajstić information content (AvgIpc) is 2.31. The number of aliphatic hydroxyl groups is 1. The molecule has 3 N–H and O–H groups in total. The lowest BCUT2D eigenvalue weighted by Gasteiger charge is -2.28. The molecule has 12 heavy (non-hydrogen) atoms. The summed E-state index contributed by atoms with van der Waals surface area (Å²) >= 11 is 0. The predicted octanol–water partition coefficient (Wildman–Crippen LogP) is 0.107. The molecule has 72 valence electrons. The van der Waals surface area contributed by atoms with Crippen molar-refractivity contribution in [3.8, 4) is 0 Å². The topological polar surface area (TPSA) is 49.5 Å². The normalized spacial score (nSPS) is 32.8. The van der Waals surface area contributed by atoms with Gasteiger partial charge in [0.2, 0.25) is 0 Å². The molecule has 0 amide bonds. The lowest BCUT2D eigenvalue weighted by molar-refractivity contribution is -0.230. The molecule has 1 saturated heterocycles. The van der Waals surface area contributed by atoms with Crippen molar-refractivity contribution in [3.63, 3.8) is 0 Å². The lowest BCUT2D eigenvalue weighted by Crippen LogP contribution is -2.44. The van der Waals surface area contributed by atoms with Crippen molar-refractivity contribution in [3.05, 3.63) is 0 Å². The number of hydrazine groups is 1. The minimum Gasteiger partial charge on any atom is -0.395 e. The van der Waals surface area contributed by atoms with Gasteiger partial charge in [-0.2, -0.15) is 13.2 Å². The Kier molecular flexibility index (Phi) is 2.33. The summed E-state index contributed by atoms with van der Waals surface area (Å²) in [6.07, 6.45) is -4.49. The van der Waals surface area contributed by atoms with E-state index in [1.54, 1.807) is 0 Å². The zero-order chi connectivity index (χ0) is 9.41. The second-order valence-electron chi connectivity index (χ2n) is 3.16. The van der Waals surface area contributed by atoms with Crippen molar-refractivity contribution in [2.45, 2.75) is 12.6 Å². The Labute approximate surface area is 67.9 Å². The van der Waals surface area contributed by atoms with Gasteiger partial charge < -0.3 is 5.11 Å². The van der Waals surface area contributed by atoms with Crippen LogP contribution in [0.25, 0.3) is 0 Å². The molecule has 1 rings (SSSR count). The largest absolute Gasteiger partial charge is 0.398 e. The fourth-order valence-electron chi connectivity index (χ4n) is 1.35. The minimum absolute atomic E-state index is 0.122. The molecule has 1 heterocycles. The van der Waals surface area contributed by atoms with Crippen molar-refractivity contribution < 1.29 is 18.3 Å². The average molecular weight is 184 g/mol. The van der Waals surface area contributed by atoms with Gasteiger partial charge in [-0.15, -0.1) is 0 Å². The summed E-state index contributed by atoms with van der Waals surface area (Å²) in [5.74, 6) is 5.20. The number of nitrogens with two attached hydrogens (primary N) is 1. The highest BCUT2D eigenvalue weighted by Crippen LogP contribution is 2.44. The summed E-state index contributed by atoms with van der Waals surface area (Å²) < 4.78 is 37.0. The lowest BCUT2D eigenvalue weighted by atomic mass is 9.87. The zero-order valence-corrected chi connectivity index (χ0v) is 6.43. The van der Waals surface area contributed by atoms with E-state index < -0.39 is 18.2 Å². The number of alkyl halides is 3. The van der Waals surface area contributed by atoms with Gasteiger partial charge >= 0.3 is 6.18 Å². The minimum atomic E-state index is -4.37. The van der Waals surface area contributed by atoms with Crippen molar-refractivity contribution in [2.24, 2.45) is 11.3 Å². The van der Waals surface area contributed by atoms with Crippen LogP contribution in [0.3, 0.4) is 0 Å². The maximum absolute atomic E-state index is 12.3. The summed E-state index contributed by atoms with van der Waals surface area (Å²) in [5.41, 5.74) is -2.00. The number of rotatable bonds is 1. The van der Waals surface area contributed by atoms with Crippen LogP contribution in [-0.2, 0) is 0 Å². The van der Waals surface area contributed by atoms with Gasteiger partial charge in [-0.3, -0.25) is 5.84 Å². The van der Waals surface area contributed by atoms with Gasteiger partial charge in [-0.05, 0) is 6.42 Å². The summed E-state index contributed by atoms with van der Waals surface area (Å²) in [5, 5.41) is 9.75. The van der Waals surface area contributed by atoms with Crippen LogP contribution in [-0.4, -0.2) is 36.0 Å². The van der Waals surface area contributed by atoms with Crippen LogP contribution in [0.2, 0.25) is 0 Å². The Hall–Kier alpha value is -0.330. The van der Waals surface area contributed by atoms with Gasteiger partial charge in [0.1, 0.15) is 5.41 Å². The zero-order valence-electron chi connectivity index (χ0n) is 6.43. The summed E-state index contributed by atoms with van der Waals surface area (Å²) in [4.78, 5) is 0. The molecule has 1 aliphatic heterocycles. The number of hydrogen-bond acceptors (Lipinski definition) is 3. The summed E-state index contributed by atoms with van der Waals surface area (Å²) in [7, 11) is 0. The molecule has 1 aliphatic rings. The van der Waals surface area contributed by atoms with E-state index in [9.17, 15) is 13.2 Å². The maximum Gasteiger partial charge on any atom is 0.398 e. The van der Waals surface area contributed by atoms with E-state index in [0.29, 0.717) is 0 Å². The number of aliphatic hydroxyl groups excluding tert-OH is 1. The van der Waals surface area contributed by atoms with E-state index in [2.05, 4.69) is 0 Å². The molecule has 0 aromatic heterocycles. The molecule has 0 spiro atoms. The van der Waals surface area contributed by atoms with Crippen molar-refractivity contribution in [1.82, 2.24) is 5.01 Å². The molecular weight excluding hydrogens is 173 g/mol. The first-order valence-electron chi connectivity index (χ1n) is 3.58. The Morgan fingerprint density at radius 1 is 1.50 bits per heavy atom. The van der Waals surface area contributed by atoms with Gasteiger partial charge in [0.25, 0.3) is 0 Å². The molecule has 1 unspecified atom stereocenters. The second-order valence-corrected chi connectivity index (χ2v) is 3.16. The third-order valence-electron chi connectivity index (χ3n) is 2.29. The molecule has 3 nitrogen and oxygen atoms in total. The van der Waals surface area contributed by atoms with E-state index in [1.165, 1.54) is 0 Å². The Morgan fingerprint density at radius 2 is 2.08 bits per heavy atom.